The first kappa shape index (κ1) is 26.1. The van der Waals surface area contributed by atoms with Gasteiger partial charge in [-0.1, -0.05) is 48.5 Å². The number of amides is 1. The second-order valence-electron chi connectivity index (χ2n) is 8.89. The van der Waals surface area contributed by atoms with Crippen LogP contribution in [0.5, 0.6) is 0 Å². The molecule has 1 amide bonds. The molecule has 3 N–H and O–H groups in total. The first-order valence-corrected chi connectivity index (χ1v) is 11.7. The molecule has 0 bridgehead atoms. The highest BCUT2D eigenvalue weighted by Crippen LogP contribution is 2.33. The molecular formula is C26H26F3N5O3. The minimum absolute atomic E-state index is 0.0483. The first-order chi connectivity index (χ1) is 17.6. The Morgan fingerprint density at radius 1 is 0.946 bits per heavy atom. The number of likely N-dealkylation sites (tertiary alicyclic amines) is 1. The Balaban J connectivity index is 0.000000405. The van der Waals surface area contributed by atoms with Gasteiger partial charge in [-0.25, -0.2) is 14.8 Å². The van der Waals surface area contributed by atoms with Crippen molar-refractivity contribution in [2.24, 2.45) is 5.73 Å². The number of benzene rings is 2. The minimum Gasteiger partial charge on any atom is -0.475 e. The number of nitrogens with two attached hydrogens (primary N) is 1. The van der Waals surface area contributed by atoms with Crippen molar-refractivity contribution >= 4 is 17.7 Å². The van der Waals surface area contributed by atoms with E-state index in [0.717, 1.165) is 38.3 Å². The number of carbonyl (C=O) groups is 2. The number of aromatic nitrogens is 2. The van der Waals surface area contributed by atoms with Crippen molar-refractivity contribution < 1.29 is 27.9 Å². The zero-order chi connectivity index (χ0) is 26.6. The molecule has 1 atom stereocenters. The molecule has 0 saturated carbocycles. The number of carboxylic acids is 1. The Morgan fingerprint density at radius 3 is 2.00 bits per heavy atom. The van der Waals surface area contributed by atoms with Crippen molar-refractivity contribution in [1.82, 2.24) is 14.9 Å². The molecule has 3 aromatic rings. The summed E-state index contributed by atoms with van der Waals surface area (Å²) in [6.07, 6.45) is 0.130. The number of fused-ring (bicyclic) bond motifs is 3. The van der Waals surface area contributed by atoms with Crippen LogP contribution in [-0.4, -0.2) is 57.2 Å². The maximum absolute atomic E-state index is 12.8. The molecule has 11 heteroatoms. The molecule has 1 fully saturated rings. The summed E-state index contributed by atoms with van der Waals surface area (Å²) in [5.41, 5.74) is 11.4. The van der Waals surface area contributed by atoms with Crippen LogP contribution in [0.25, 0.3) is 11.1 Å². The summed E-state index contributed by atoms with van der Waals surface area (Å²) in [4.78, 5) is 34.7. The van der Waals surface area contributed by atoms with E-state index in [2.05, 4.69) is 63.4 Å². The Bertz CT molecular complexity index is 1220. The van der Waals surface area contributed by atoms with E-state index in [1.165, 1.54) is 22.3 Å². The van der Waals surface area contributed by atoms with Crippen LogP contribution in [-0.2, 0) is 17.9 Å². The van der Waals surface area contributed by atoms with E-state index in [-0.39, 0.29) is 11.9 Å². The number of rotatable bonds is 2. The lowest BCUT2D eigenvalue weighted by Gasteiger charge is -2.30. The minimum atomic E-state index is -5.08. The molecule has 3 heterocycles. The smallest absolute Gasteiger partial charge is 0.475 e. The largest absolute Gasteiger partial charge is 0.490 e. The predicted molar refractivity (Wildman–Crippen MR) is 131 cm³/mol. The second-order valence-corrected chi connectivity index (χ2v) is 8.89. The van der Waals surface area contributed by atoms with Gasteiger partial charge in [-0.2, -0.15) is 13.2 Å². The van der Waals surface area contributed by atoms with E-state index in [9.17, 15) is 18.0 Å². The van der Waals surface area contributed by atoms with Crippen LogP contribution in [0.1, 0.15) is 34.5 Å². The van der Waals surface area contributed by atoms with Crippen LogP contribution in [0.4, 0.5) is 19.0 Å². The van der Waals surface area contributed by atoms with E-state index in [0.29, 0.717) is 12.2 Å². The molecule has 194 valence electrons. The standard InChI is InChI=1S/C24H25N5O.C2HF3O2/c25-19-8-5-11-28(16-19)24(30)22-12-27-23(13-26-22)29-14-17-6-1-3-9-20(17)21-10-4-2-7-18(21)15-29;3-2(4,5)1(6)7/h1-4,6-7,9-10,12-13,19H,5,8,11,14-16,25H2;(H,6,7). The molecule has 37 heavy (non-hydrogen) atoms. The third-order valence-electron chi connectivity index (χ3n) is 6.22. The first-order valence-electron chi connectivity index (χ1n) is 11.7. The number of hydrogen-bond acceptors (Lipinski definition) is 6. The molecule has 1 aromatic heterocycles. The van der Waals surface area contributed by atoms with Gasteiger partial charge in [-0.05, 0) is 35.1 Å². The summed E-state index contributed by atoms with van der Waals surface area (Å²) < 4.78 is 31.7. The fraction of sp³-hybridized carbons (Fsp3) is 0.308. The van der Waals surface area contributed by atoms with Gasteiger partial charge in [0.2, 0.25) is 0 Å². The van der Waals surface area contributed by atoms with Gasteiger partial charge in [-0.15, -0.1) is 0 Å². The van der Waals surface area contributed by atoms with Gasteiger partial charge in [0, 0.05) is 32.2 Å². The molecule has 2 aliphatic heterocycles. The van der Waals surface area contributed by atoms with E-state index >= 15 is 0 Å². The number of alkyl halides is 3. The lowest BCUT2D eigenvalue weighted by atomic mass is 9.97. The predicted octanol–water partition coefficient (Wildman–Crippen LogP) is 3.86. The Hall–Kier alpha value is -3.99. The quantitative estimate of drug-likeness (QED) is 0.535. The number of aliphatic carboxylic acids is 1. The van der Waals surface area contributed by atoms with Crippen LogP contribution in [0.3, 0.4) is 0 Å². The van der Waals surface area contributed by atoms with Crippen LogP contribution in [0.15, 0.2) is 60.9 Å². The molecule has 0 spiro atoms. The van der Waals surface area contributed by atoms with Crippen molar-refractivity contribution in [3.05, 3.63) is 77.7 Å². The number of carbonyl (C=O) groups excluding carboxylic acids is 1. The maximum atomic E-state index is 12.8. The van der Waals surface area contributed by atoms with Gasteiger partial charge in [0.05, 0.1) is 12.4 Å². The van der Waals surface area contributed by atoms with Crippen LogP contribution < -0.4 is 10.6 Å². The van der Waals surface area contributed by atoms with Gasteiger partial charge in [0.25, 0.3) is 5.91 Å². The number of hydrogen-bond donors (Lipinski definition) is 2. The number of anilines is 1. The zero-order valence-corrected chi connectivity index (χ0v) is 19.9. The monoisotopic (exact) mass is 513 g/mol. The second kappa shape index (κ2) is 11.0. The number of halogens is 3. The molecule has 5 rings (SSSR count). The summed E-state index contributed by atoms with van der Waals surface area (Å²) in [6.45, 7) is 2.80. The topological polar surface area (TPSA) is 113 Å². The molecule has 1 saturated heterocycles. The molecule has 0 aliphatic carbocycles. The summed E-state index contributed by atoms with van der Waals surface area (Å²) in [5.74, 6) is -2.07. The third kappa shape index (κ3) is 6.23. The fourth-order valence-electron chi connectivity index (χ4n) is 4.42. The third-order valence-corrected chi connectivity index (χ3v) is 6.22. The van der Waals surface area contributed by atoms with E-state index in [1.807, 2.05) is 0 Å². The molecule has 2 aromatic carbocycles. The van der Waals surface area contributed by atoms with Gasteiger partial charge < -0.3 is 20.6 Å². The highest BCUT2D eigenvalue weighted by atomic mass is 19.4. The van der Waals surface area contributed by atoms with Crippen LogP contribution in [0.2, 0.25) is 0 Å². The summed E-state index contributed by atoms with van der Waals surface area (Å²) in [6, 6.07) is 17.0. The van der Waals surface area contributed by atoms with Crippen molar-refractivity contribution in [2.45, 2.75) is 38.1 Å². The molecular weight excluding hydrogens is 487 g/mol. The number of nitrogens with zero attached hydrogens (tertiary/aromatic N) is 4. The molecule has 0 radical (unpaired) electrons. The lowest BCUT2D eigenvalue weighted by Crippen LogP contribution is -2.46. The average molecular weight is 514 g/mol. The normalized spacial score (nSPS) is 17.0. The van der Waals surface area contributed by atoms with Gasteiger partial charge >= 0.3 is 12.1 Å². The average Bonchev–Trinajstić information content (AvgIpc) is 3.05. The number of piperidine rings is 1. The Labute approximate surface area is 211 Å². The van der Waals surface area contributed by atoms with Crippen LogP contribution in [0, 0.1) is 0 Å². The van der Waals surface area contributed by atoms with Crippen molar-refractivity contribution in [3.63, 3.8) is 0 Å². The summed E-state index contributed by atoms with van der Waals surface area (Å²) >= 11 is 0. The highest BCUT2D eigenvalue weighted by Gasteiger charge is 2.38. The molecule has 8 nitrogen and oxygen atoms in total. The Morgan fingerprint density at radius 2 is 1.51 bits per heavy atom. The van der Waals surface area contributed by atoms with Crippen molar-refractivity contribution in [3.8, 4) is 11.1 Å². The van der Waals surface area contributed by atoms with Gasteiger partial charge in [0.15, 0.2) is 0 Å². The van der Waals surface area contributed by atoms with Crippen molar-refractivity contribution in [1.29, 1.82) is 0 Å². The Kier molecular flexibility index (Phi) is 7.72. The van der Waals surface area contributed by atoms with Crippen LogP contribution >= 0.6 is 0 Å². The lowest BCUT2D eigenvalue weighted by molar-refractivity contribution is -0.192. The SMILES string of the molecule is NC1CCCN(C(=O)c2cnc(N3Cc4ccccc4-c4ccccc4C3)cn2)C1.O=C(O)C(F)(F)F. The van der Waals surface area contributed by atoms with E-state index in [4.69, 9.17) is 15.6 Å². The maximum Gasteiger partial charge on any atom is 0.490 e. The molecule has 2 aliphatic rings. The highest BCUT2D eigenvalue weighted by molar-refractivity contribution is 5.92. The fourth-order valence-corrected chi connectivity index (χ4v) is 4.42. The van der Waals surface area contributed by atoms with E-state index in [1.54, 1.807) is 17.3 Å². The van der Waals surface area contributed by atoms with Gasteiger partial charge in [0.1, 0.15) is 11.5 Å². The van der Waals surface area contributed by atoms with Crippen molar-refractivity contribution in [2.75, 3.05) is 18.0 Å². The number of carboxylic acid groups (broad SMARTS) is 1. The summed E-state index contributed by atoms with van der Waals surface area (Å²) in [7, 11) is 0. The zero-order valence-electron chi connectivity index (χ0n) is 19.9. The molecule has 1 unspecified atom stereocenters. The van der Waals surface area contributed by atoms with E-state index < -0.39 is 12.1 Å². The summed E-state index contributed by atoms with van der Waals surface area (Å²) in [5, 5.41) is 7.12. The van der Waals surface area contributed by atoms with Gasteiger partial charge in [-0.3, -0.25) is 4.79 Å².